The molecule has 2 aromatic heterocycles. The van der Waals surface area contributed by atoms with Crippen LogP contribution in [0.4, 0.5) is 5.13 Å². The van der Waals surface area contributed by atoms with Crippen molar-refractivity contribution in [2.75, 3.05) is 5.32 Å². The summed E-state index contributed by atoms with van der Waals surface area (Å²) in [5.74, 6) is -0.418. The van der Waals surface area contributed by atoms with Crippen molar-refractivity contribution < 1.29 is 4.79 Å². The van der Waals surface area contributed by atoms with Crippen molar-refractivity contribution in [2.24, 2.45) is 0 Å². The zero-order valence-electron chi connectivity index (χ0n) is 13.2. The number of hydrogen-bond donors (Lipinski definition) is 2. The first-order valence-corrected chi connectivity index (χ1v) is 8.62. The van der Waals surface area contributed by atoms with E-state index in [-0.39, 0.29) is 11.3 Å². The third-order valence-corrected chi connectivity index (χ3v) is 4.49. The van der Waals surface area contributed by atoms with E-state index in [4.69, 9.17) is 0 Å². The number of anilines is 1. The number of carbonyl (C=O) groups is 1. The molecule has 2 N–H and O–H groups in total. The van der Waals surface area contributed by atoms with Crippen molar-refractivity contribution in [3.8, 4) is 0 Å². The van der Waals surface area contributed by atoms with Crippen molar-refractivity contribution >= 4 is 33.1 Å². The SMILES string of the molecule is CCCCCc1nnc(NC(=O)c2n[nH]c(=O)c3ccccc23)s1. The number of hydrogen-bond acceptors (Lipinski definition) is 6. The number of H-pyrrole nitrogens is 1. The average molecular weight is 343 g/mol. The van der Waals surface area contributed by atoms with Gasteiger partial charge >= 0.3 is 0 Å². The van der Waals surface area contributed by atoms with Crippen LogP contribution in [0.25, 0.3) is 10.8 Å². The Kier molecular flexibility index (Phi) is 4.95. The van der Waals surface area contributed by atoms with E-state index in [0.29, 0.717) is 15.9 Å². The van der Waals surface area contributed by atoms with Gasteiger partial charge in [-0.15, -0.1) is 10.2 Å². The smallest absolute Gasteiger partial charge is 0.278 e. The van der Waals surface area contributed by atoms with E-state index >= 15 is 0 Å². The zero-order valence-corrected chi connectivity index (χ0v) is 14.0. The Morgan fingerprint density at radius 1 is 1.21 bits per heavy atom. The van der Waals surface area contributed by atoms with Crippen molar-refractivity contribution in [3.05, 3.63) is 45.3 Å². The number of nitrogens with zero attached hydrogens (tertiary/aromatic N) is 3. The molecule has 0 bridgehead atoms. The Hall–Kier alpha value is -2.61. The Bertz CT molecular complexity index is 918. The second-order valence-electron chi connectivity index (χ2n) is 5.36. The minimum Gasteiger partial charge on any atom is -0.295 e. The van der Waals surface area contributed by atoms with Crippen LogP contribution >= 0.6 is 11.3 Å². The molecule has 124 valence electrons. The lowest BCUT2D eigenvalue weighted by Gasteiger charge is -2.03. The molecule has 3 aromatic rings. The molecule has 1 aromatic carbocycles. The van der Waals surface area contributed by atoms with Crippen molar-refractivity contribution in [2.45, 2.75) is 32.6 Å². The lowest BCUT2D eigenvalue weighted by molar-refractivity contribution is 0.102. The first kappa shape index (κ1) is 16.3. The number of benzene rings is 1. The molecular weight excluding hydrogens is 326 g/mol. The number of rotatable bonds is 6. The molecule has 7 nitrogen and oxygen atoms in total. The molecular formula is C16H17N5O2S. The van der Waals surface area contributed by atoms with Gasteiger partial charge in [0.25, 0.3) is 11.5 Å². The predicted octanol–water partition coefficient (Wildman–Crippen LogP) is 2.76. The highest BCUT2D eigenvalue weighted by atomic mass is 32.1. The van der Waals surface area contributed by atoms with Crippen LogP contribution in [0.2, 0.25) is 0 Å². The maximum Gasteiger partial charge on any atom is 0.278 e. The van der Waals surface area contributed by atoms with Gasteiger partial charge in [-0.05, 0) is 12.5 Å². The molecule has 0 radical (unpaired) electrons. The van der Waals surface area contributed by atoms with E-state index in [1.54, 1.807) is 24.3 Å². The van der Waals surface area contributed by atoms with Gasteiger partial charge in [-0.25, -0.2) is 5.10 Å². The van der Waals surface area contributed by atoms with E-state index in [0.717, 1.165) is 30.7 Å². The molecule has 1 amide bonds. The largest absolute Gasteiger partial charge is 0.295 e. The van der Waals surface area contributed by atoms with E-state index in [1.165, 1.54) is 11.3 Å². The standard InChI is InChI=1S/C16H17N5O2S/c1-2-3-4-9-12-18-21-16(24-12)17-15(23)13-10-7-5-6-8-11(10)14(22)20-19-13/h5-8H,2-4,9H2,1H3,(H,20,22)(H,17,21,23). The molecule has 0 atom stereocenters. The molecule has 0 saturated carbocycles. The molecule has 0 aliphatic rings. The number of nitrogens with one attached hydrogen (secondary N) is 2. The minimum atomic E-state index is -0.418. The number of aromatic nitrogens is 4. The van der Waals surface area contributed by atoms with Gasteiger partial charge in [0, 0.05) is 11.8 Å². The maximum atomic E-state index is 12.5. The van der Waals surface area contributed by atoms with Gasteiger partial charge < -0.3 is 0 Å². The molecule has 0 aliphatic carbocycles. The molecule has 8 heteroatoms. The lowest BCUT2D eigenvalue weighted by atomic mass is 10.1. The fraction of sp³-hybridized carbons (Fsp3) is 0.312. The Labute approximate surface area is 142 Å². The van der Waals surface area contributed by atoms with Crippen LogP contribution in [0, 0.1) is 0 Å². The fourth-order valence-corrected chi connectivity index (χ4v) is 3.15. The number of carbonyl (C=O) groups excluding carboxylic acids is 1. The summed E-state index contributed by atoms with van der Waals surface area (Å²) in [5, 5.41) is 19.3. The van der Waals surface area contributed by atoms with Crippen molar-refractivity contribution in [1.29, 1.82) is 0 Å². The van der Waals surface area contributed by atoms with Gasteiger partial charge in [0.1, 0.15) is 5.01 Å². The van der Waals surface area contributed by atoms with E-state index in [9.17, 15) is 9.59 Å². The van der Waals surface area contributed by atoms with E-state index in [2.05, 4.69) is 32.6 Å². The quantitative estimate of drug-likeness (QED) is 0.670. The number of fused-ring (bicyclic) bond motifs is 1. The van der Waals surface area contributed by atoms with Crippen LogP contribution in [-0.4, -0.2) is 26.3 Å². The molecule has 0 unspecified atom stereocenters. The number of aromatic amines is 1. The van der Waals surface area contributed by atoms with Gasteiger partial charge in [-0.1, -0.05) is 49.3 Å². The first-order valence-electron chi connectivity index (χ1n) is 7.80. The summed E-state index contributed by atoms with van der Waals surface area (Å²) in [6.45, 7) is 2.15. The van der Waals surface area contributed by atoms with E-state index in [1.807, 2.05) is 0 Å². The van der Waals surface area contributed by atoms with Crippen LogP contribution < -0.4 is 10.9 Å². The maximum absolute atomic E-state index is 12.5. The van der Waals surface area contributed by atoms with Crippen LogP contribution in [0.5, 0.6) is 0 Å². The summed E-state index contributed by atoms with van der Waals surface area (Å²) in [5.41, 5.74) is -0.163. The van der Waals surface area contributed by atoms with Gasteiger partial charge in [0.2, 0.25) is 5.13 Å². The second kappa shape index (κ2) is 7.31. The molecule has 0 aliphatic heterocycles. The van der Waals surface area contributed by atoms with Gasteiger partial charge in [0.15, 0.2) is 5.69 Å². The summed E-state index contributed by atoms with van der Waals surface area (Å²) in [6, 6.07) is 6.86. The van der Waals surface area contributed by atoms with Crippen LogP contribution in [-0.2, 0) is 6.42 Å². The highest BCUT2D eigenvalue weighted by Gasteiger charge is 2.16. The van der Waals surface area contributed by atoms with Gasteiger partial charge in [-0.3, -0.25) is 14.9 Å². The average Bonchev–Trinajstić information content (AvgIpc) is 3.03. The van der Waals surface area contributed by atoms with Gasteiger partial charge in [0.05, 0.1) is 5.39 Å². The normalized spacial score (nSPS) is 10.9. The first-order chi connectivity index (χ1) is 11.7. The van der Waals surface area contributed by atoms with E-state index < -0.39 is 5.91 Å². The van der Waals surface area contributed by atoms with Gasteiger partial charge in [-0.2, -0.15) is 5.10 Å². The third-order valence-electron chi connectivity index (χ3n) is 3.59. The predicted molar refractivity (Wildman–Crippen MR) is 93.5 cm³/mol. The monoisotopic (exact) mass is 343 g/mol. The van der Waals surface area contributed by atoms with Crippen LogP contribution in [0.15, 0.2) is 29.1 Å². The molecule has 24 heavy (non-hydrogen) atoms. The lowest BCUT2D eigenvalue weighted by Crippen LogP contribution is -2.19. The van der Waals surface area contributed by atoms with Crippen LogP contribution in [0.1, 0.15) is 41.7 Å². The molecule has 0 saturated heterocycles. The summed E-state index contributed by atoms with van der Waals surface area (Å²) in [6.07, 6.45) is 4.22. The molecule has 3 rings (SSSR count). The Balaban J connectivity index is 1.78. The van der Waals surface area contributed by atoms with Crippen molar-refractivity contribution in [1.82, 2.24) is 20.4 Å². The molecule has 0 spiro atoms. The Morgan fingerprint density at radius 2 is 2.00 bits per heavy atom. The minimum absolute atomic E-state index is 0.160. The topological polar surface area (TPSA) is 101 Å². The number of unbranched alkanes of at least 4 members (excludes halogenated alkanes) is 2. The van der Waals surface area contributed by atoms with Crippen LogP contribution in [0.3, 0.4) is 0 Å². The molecule has 2 heterocycles. The fourth-order valence-electron chi connectivity index (χ4n) is 2.38. The van der Waals surface area contributed by atoms with Crippen molar-refractivity contribution in [3.63, 3.8) is 0 Å². The molecule has 0 fully saturated rings. The number of amides is 1. The highest BCUT2D eigenvalue weighted by Crippen LogP contribution is 2.19. The summed E-state index contributed by atoms with van der Waals surface area (Å²) in [4.78, 5) is 24.2. The highest BCUT2D eigenvalue weighted by molar-refractivity contribution is 7.15. The summed E-state index contributed by atoms with van der Waals surface area (Å²) >= 11 is 1.36. The second-order valence-corrected chi connectivity index (χ2v) is 6.42. The number of aryl methyl sites for hydroxylation is 1. The summed E-state index contributed by atoms with van der Waals surface area (Å²) in [7, 11) is 0. The zero-order chi connectivity index (χ0) is 16.9. The summed E-state index contributed by atoms with van der Waals surface area (Å²) < 4.78 is 0. The third kappa shape index (κ3) is 3.48. The Morgan fingerprint density at radius 3 is 2.79 bits per heavy atom.